The lowest BCUT2D eigenvalue weighted by atomic mass is 9.72. The highest BCUT2D eigenvalue weighted by molar-refractivity contribution is 5.79. The number of hydrogen-bond acceptors (Lipinski definition) is 4. The summed E-state index contributed by atoms with van der Waals surface area (Å²) in [5.41, 5.74) is -0.134. The Bertz CT molecular complexity index is 787. The van der Waals surface area contributed by atoms with Crippen molar-refractivity contribution in [2.45, 2.75) is 57.2 Å². The number of ether oxygens (including phenoxy) is 1. The Morgan fingerprint density at radius 3 is 2.31 bits per heavy atom. The van der Waals surface area contributed by atoms with Crippen molar-refractivity contribution in [2.75, 3.05) is 0 Å². The molecule has 0 saturated heterocycles. The number of carbonyl (C=O) groups is 1. The highest BCUT2D eigenvalue weighted by Gasteiger charge is 2.52. The summed E-state index contributed by atoms with van der Waals surface area (Å²) in [5.74, 6) is -0.445. The molecule has 1 fully saturated rings. The standard InChI is InChI=1S/C24H29NO4/c1-2-24(20-14-8-4-9-15-20,29-25-18-19-12-6-3-7-13-19)22(23(26)27)28-21-16-10-5-11-17-21/h3,5-7,10-13,16-18,20,22H,2,4,8-9,14-15H2,1H3,(H,26,27). The molecule has 154 valence electrons. The molecule has 0 radical (unpaired) electrons. The summed E-state index contributed by atoms with van der Waals surface area (Å²) in [7, 11) is 0. The van der Waals surface area contributed by atoms with Crippen molar-refractivity contribution in [1.29, 1.82) is 0 Å². The molecule has 2 aromatic carbocycles. The molecule has 0 amide bonds. The molecule has 1 aliphatic rings. The molecule has 1 aliphatic carbocycles. The van der Waals surface area contributed by atoms with Crippen LogP contribution in [0.4, 0.5) is 0 Å². The van der Waals surface area contributed by atoms with Crippen LogP contribution in [0.25, 0.3) is 0 Å². The topological polar surface area (TPSA) is 68.1 Å². The van der Waals surface area contributed by atoms with Crippen molar-refractivity contribution in [3.63, 3.8) is 0 Å². The van der Waals surface area contributed by atoms with Gasteiger partial charge in [-0.05, 0) is 37.0 Å². The van der Waals surface area contributed by atoms with E-state index >= 15 is 0 Å². The van der Waals surface area contributed by atoms with E-state index in [4.69, 9.17) is 9.57 Å². The van der Waals surface area contributed by atoms with Crippen LogP contribution in [0.5, 0.6) is 5.75 Å². The van der Waals surface area contributed by atoms with Crippen LogP contribution in [0.1, 0.15) is 51.0 Å². The van der Waals surface area contributed by atoms with Crippen LogP contribution in [-0.4, -0.2) is 29.0 Å². The van der Waals surface area contributed by atoms with Gasteiger partial charge in [0.25, 0.3) is 0 Å². The molecule has 2 aromatic rings. The summed E-state index contributed by atoms with van der Waals surface area (Å²) in [6, 6.07) is 18.7. The second kappa shape index (κ2) is 10.1. The maximum atomic E-state index is 12.3. The van der Waals surface area contributed by atoms with Gasteiger partial charge in [0.05, 0.1) is 6.21 Å². The van der Waals surface area contributed by atoms with Crippen LogP contribution >= 0.6 is 0 Å². The molecular formula is C24H29NO4. The number of benzene rings is 2. The average Bonchev–Trinajstić information content (AvgIpc) is 2.77. The largest absolute Gasteiger partial charge is 0.478 e. The Kier molecular flexibility index (Phi) is 7.28. The number of para-hydroxylation sites is 1. The molecule has 3 rings (SSSR count). The minimum atomic E-state index is -1.15. The molecule has 0 aliphatic heterocycles. The number of rotatable bonds is 9. The lowest BCUT2D eigenvalue weighted by molar-refractivity contribution is -0.184. The maximum Gasteiger partial charge on any atom is 0.349 e. The molecule has 5 heteroatoms. The van der Waals surface area contributed by atoms with Gasteiger partial charge in [0.2, 0.25) is 6.10 Å². The number of nitrogens with zero attached hydrogens (tertiary/aromatic N) is 1. The Morgan fingerprint density at radius 1 is 1.10 bits per heavy atom. The predicted molar refractivity (Wildman–Crippen MR) is 113 cm³/mol. The quantitative estimate of drug-likeness (QED) is 0.462. The first-order valence-electron chi connectivity index (χ1n) is 10.4. The highest BCUT2D eigenvalue weighted by atomic mass is 16.7. The third-order valence-electron chi connectivity index (χ3n) is 5.74. The van der Waals surface area contributed by atoms with Crippen molar-refractivity contribution in [1.82, 2.24) is 0 Å². The van der Waals surface area contributed by atoms with Crippen LogP contribution in [0.2, 0.25) is 0 Å². The number of aliphatic carboxylic acids is 1. The number of carboxylic acids is 1. The van der Waals surface area contributed by atoms with Gasteiger partial charge in [-0.1, -0.05) is 79.9 Å². The van der Waals surface area contributed by atoms with Gasteiger partial charge in [-0.15, -0.1) is 0 Å². The summed E-state index contributed by atoms with van der Waals surface area (Å²) in [5, 5.41) is 14.3. The van der Waals surface area contributed by atoms with Crippen molar-refractivity contribution in [3.05, 3.63) is 66.2 Å². The van der Waals surface area contributed by atoms with Gasteiger partial charge < -0.3 is 14.7 Å². The number of carboxylic acid groups (broad SMARTS) is 1. The van der Waals surface area contributed by atoms with Gasteiger partial charge in [-0.2, -0.15) is 0 Å². The summed E-state index contributed by atoms with van der Waals surface area (Å²) < 4.78 is 5.99. The molecule has 1 N–H and O–H groups in total. The third kappa shape index (κ3) is 5.17. The zero-order chi connectivity index (χ0) is 20.5. The fourth-order valence-corrected chi connectivity index (χ4v) is 4.19. The van der Waals surface area contributed by atoms with Crippen LogP contribution in [0.15, 0.2) is 65.8 Å². The summed E-state index contributed by atoms with van der Waals surface area (Å²) in [4.78, 5) is 18.4. The molecule has 0 spiro atoms. The molecule has 29 heavy (non-hydrogen) atoms. The van der Waals surface area contributed by atoms with Crippen LogP contribution in [0, 0.1) is 5.92 Å². The highest BCUT2D eigenvalue weighted by Crippen LogP contribution is 2.41. The van der Waals surface area contributed by atoms with E-state index in [0.29, 0.717) is 12.2 Å². The van der Waals surface area contributed by atoms with Gasteiger partial charge in [-0.25, -0.2) is 4.79 Å². The first kappa shape index (κ1) is 20.9. The van der Waals surface area contributed by atoms with Gasteiger partial charge in [0.1, 0.15) is 5.75 Å². The normalized spacial score (nSPS) is 18.1. The van der Waals surface area contributed by atoms with Crippen molar-refractivity contribution in [3.8, 4) is 5.75 Å². The molecule has 2 unspecified atom stereocenters. The van der Waals surface area contributed by atoms with E-state index in [0.717, 1.165) is 31.2 Å². The summed E-state index contributed by atoms with van der Waals surface area (Å²) in [6.45, 7) is 1.96. The first-order valence-corrected chi connectivity index (χ1v) is 10.4. The van der Waals surface area contributed by atoms with E-state index in [1.807, 2.05) is 55.5 Å². The van der Waals surface area contributed by atoms with Crippen LogP contribution in [-0.2, 0) is 9.63 Å². The fraction of sp³-hybridized carbons (Fsp3) is 0.417. The molecule has 0 aromatic heterocycles. The molecule has 5 nitrogen and oxygen atoms in total. The van der Waals surface area contributed by atoms with Gasteiger partial charge in [-0.3, -0.25) is 0 Å². The van der Waals surface area contributed by atoms with Gasteiger partial charge in [0.15, 0.2) is 5.60 Å². The second-order valence-corrected chi connectivity index (χ2v) is 7.53. The van der Waals surface area contributed by atoms with E-state index in [9.17, 15) is 9.90 Å². The molecular weight excluding hydrogens is 366 g/mol. The van der Waals surface area contributed by atoms with Gasteiger partial charge in [0, 0.05) is 5.92 Å². The second-order valence-electron chi connectivity index (χ2n) is 7.53. The minimum Gasteiger partial charge on any atom is -0.478 e. The van der Waals surface area contributed by atoms with E-state index < -0.39 is 17.7 Å². The summed E-state index contributed by atoms with van der Waals surface area (Å²) in [6.07, 6.45) is 6.10. The van der Waals surface area contributed by atoms with Gasteiger partial charge >= 0.3 is 5.97 Å². The molecule has 1 saturated carbocycles. The van der Waals surface area contributed by atoms with E-state index in [-0.39, 0.29) is 5.92 Å². The Labute approximate surface area is 172 Å². The first-order chi connectivity index (χ1) is 14.2. The molecule has 2 atom stereocenters. The monoisotopic (exact) mass is 395 g/mol. The molecule has 0 heterocycles. The predicted octanol–water partition coefficient (Wildman–Crippen LogP) is 5.30. The third-order valence-corrected chi connectivity index (χ3v) is 5.74. The lowest BCUT2D eigenvalue weighted by Gasteiger charge is -2.42. The zero-order valence-electron chi connectivity index (χ0n) is 16.9. The summed E-state index contributed by atoms with van der Waals surface area (Å²) >= 11 is 0. The number of hydrogen-bond donors (Lipinski definition) is 1. The van der Waals surface area contributed by atoms with Crippen LogP contribution < -0.4 is 4.74 Å². The molecule has 0 bridgehead atoms. The fourth-order valence-electron chi connectivity index (χ4n) is 4.19. The smallest absolute Gasteiger partial charge is 0.349 e. The Balaban J connectivity index is 1.92. The van der Waals surface area contributed by atoms with E-state index in [1.54, 1.807) is 18.3 Å². The zero-order valence-corrected chi connectivity index (χ0v) is 16.9. The lowest BCUT2D eigenvalue weighted by Crippen LogP contribution is -2.56. The van der Waals surface area contributed by atoms with Crippen molar-refractivity contribution >= 4 is 12.2 Å². The SMILES string of the molecule is CCC(ON=Cc1ccccc1)(C1CCCCC1)C(Oc1ccccc1)C(=O)O. The van der Waals surface area contributed by atoms with Crippen molar-refractivity contribution in [2.24, 2.45) is 11.1 Å². The average molecular weight is 395 g/mol. The Hall–Kier alpha value is -2.82. The maximum absolute atomic E-state index is 12.3. The van der Waals surface area contributed by atoms with E-state index in [1.165, 1.54) is 6.42 Å². The minimum absolute atomic E-state index is 0.0685. The van der Waals surface area contributed by atoms with Crippen molar-refractivity contribution < 1.29 is 19.5 Å². The van der Waals surface area contributed by atoms with Crippen LogP contribution in [0.3, 0.4) is 0 Å². The number of oxime groups is 1. The van der Waals surface area contributed by atoms with E-state index in [2.05, 4.69) is 5.16 Å². The Morgan fingerprint density at radius 2 is 1.72 bits per heavy atom.